The largest absolute Gasteiger partial charge is 0.497 e. The van der Waals surface area contributed by atoms with Crippen LogP contribution in [-0.2, 0) is 9.59 Å². The topological polar surface area (TPSA) is 94.2 Å². The summed E-state index contributed by atoms with van der Waals surface area (Å²) >= 11 is 0. The molecule has 0 aliphatic carbocycles. The molecule has 0 aromatic heterocycles. The van der Waals surface area contributed by atoms with Gasteiger partial charge in [0.25, 0.3) is 11.8 Å². The number of amides is 4. The summed E-state index contributed by atoms with van der Waals surface area (Å²) in [6.45, 7) is 4.58. The first-order valence-corrected chi connectivity index (χ1v) is 9.43. The van der Waals surface area contributed by atoms with Crippen LogP contribution in [0.5, 0.6) is 17.2 Å². The number of carbonyl (C=O) groups is 3. The molecule has 4 amide bonds. The highest BCUT2D eigenvalue weighted by molar-refractivity contribution is 6.39. The van der Waals surface area contributed by atoms with E-state index in [-0.39, 0.29) is 5.57 Å². The van der Waals surface area contributed by atoms with Crippen LogP contribution in [0.2, 0.25) is 0 Å². The fourth-order valence-corrected chi connectivity index (χ4v) is 2.95. The van der Waals surface area contributed by atoms with E-state index in [4.69, 9.17) is 14.2 Å². The molecule has 2 aromatic rings. The van der Waals surface area contributed by atoms with Crippen LogP contribution in [-0.4, -0.2) is 38.2 Å². The van der Waals surface area contributed by atoms with Crippen LogP contribution in [0.1, 0.15) is 19.4 Å². The van der Waals surface area contributed by atoms with Gasteiger partial charge in [0.1, 0.15) is 22.8 Å². The van der Waals surface area contributed by atoms with Gasteiger partial charge in [-0.3, -0.25) is 14.9 Å². The molecule has 3 rings (SSSR count). The number of anilines is 1. The predicted octanol–water partition coefficient (Wildman–Crippen LogP) is 3.16. The van der Waals surface area contributed by atoms with Gasteiger partial charge in [0.2, 0.25) is 0 Å². The number of hydrogen-bond donors (Lipinski definition) is 1. The van der Waals surface area contributed by atoms with Crippen LogP contribution in [0.15, 0.2) is 48.0 Å². The summed E-state index contributed by atoms with van der Waals surface area (Å²) in [6.07, 6.45) is 1.40. The minimum Gasteiger partial charge on any atom is -0.497 e. The number of nitrogens with zero attached hydrogens (tertiary/aromatic N) is 1. The Kier molecular flexibility index (Phi) is 6.36. The molecule has 1 saturated heterocycles. The first-order chi connectivity index (χ1) is 14.5. The minimum atomic E-state index is -0.816. The minimum absolute atomic E-state index is 0.185. The van der Waals surface area contributed by atoms with Crippen molar-refractivity contribution in [3.8, 4) is 17.2 Å². The molecule has 0 spiro atoms. The van der Waals surface area contributed by atoms with E-state index < -0.39 is 17.8 Å². The van der Waals surface area contributed by atoms with Crippen molar-refractivity contribution in [3.63, 3.8) is 0 Å². The van der Waals surface area contributed by atoms with Gasteiger partial charge in [0.05, 0.1) is 26.0 Å². The molecule has 1 N–H and O–H groups in total. The lowest BCUT2D eigenvalue weighted by Crippen LogP contribution is -2.54. The summed E-state index contributed by atoms with van der Waals surface area (Å²) in [4.78, 5) is 38.7. The zero-order chi connectivity index (χ0) is 21.7. The van der Waals surface area contributed by atoms with Crippen LogP contribution in [0.25, 0.3) is 6.08 Å². The lowest BCUT2D eigenvalue weighted by Gasteiger charge is -2.26. The maximum Gasteiger partial charge on any atom is 0.335 e. The normalized spacial score (nSPS) is 15.2. The number of rotatable bonds is 7. The lowest BCUT2D eigenvalue weighted by atomic mass is 10.1. The van der Waals surface area contributed by atoms with Crippen molar-refractivity contribution in [2.24, 2.45) is 0 Å². The average molecular weight is 410 g/mol. The Bertz CT molecular complexity index is 997. The van der Waals surface area contributed by atoms with E-state index in [1.54, 1.807) is 42.5 Å². The van der Waals surface area contributed by atoms with Crippen molar-refractivity contribution < 1.29 is 28.6 Å². The molecular weight excluding hydrogens is 388 g/mol. The Labute approximate surface area is 174 Å². The van der Waals surface area contributed by atoms with E-state index >= 15 is 0 Å². The maximum absolute atomic E-state index is 13.0. The Morgan fingerprint density at radius 2 is 1.60 bits per heavy atom. The molecule has 0 saturated carbocycles. The van der Waals surface area contributed by atoms with Gasteiger partial charge in [-0.25, -0.2) is 9.69 Å². The third kappa shape index (κ3) is 4.27. The van der Waals surface area contributed by atoms with Crippen LogP contribution in [0, 0.1) is 0 Å². The summed E-state index contributed by atoms with van der Waals surface area (Å²) in [5, 5.41) is 2.20. The van der Waals surface area contributed by atoms with E-state index in [1.165, 1.54) is 13.2 Å². The molecule has 1 aliphatic heterocycles. The van der Waals surface area contributed by atoms with Gasteiger partial charge >= 0.3 is 6.03 Å². The second kappa shape index (κ2) is 9.13. The van der Waals surface area contributed by atoms with Crippen molar-refractivity contribution in [3.05, 3.63) is 53.6 Å². The number of carbonyl (C=O) groups excluding carboxylic acids is 3. The summed E-state index contributed by atoms with van der Waals surface area (Å²) in [7, 11) is 1.51. The van der Waals surface area contributed by atoms with Crippen molar-refractivity contribution in [1.82, 2.24) is 5.32 Å². The van der Waals surface area contributed by atoms with Crippen molar-refractivity contribution in [2.45, 2.75) is 13.8 Å². The van der Waals surface area contributed by atoms with E-state index in [1.807, 2.05) is 13.8 Å². The van der Waals surface area contributed by atoms with E-state index in [2.05, 4.69) is 5.32 Å². The molecule has 1 aliphatic rings. The number of ether oxygens (including phenoxy) is 3. The Morgan fingerprint density at radius 1 is 0.933 bits per heavy atom. The molecule has 8 nitrogen and oxygen atoms in total. The van der Waals surface area contributed by atoms with Gasteiger partial charge in [-0.05, 0) is 56.3 Å². The van der Waals surface area contributed by atoms with E-state index in [0.29, 0.717) is 41.7 Å². The quantitative estimate of drug-likeness (QED) is 0.557. The van der Waals surface area contributed by atoms with Crippen molar-refractivity contribution in [2.75, 3.05) is 25.2 Å². The highest BCUT2D eigenvalue weighted by Crippen LogP contribution is 2.29. The molecular formula is C22H22N2O6. The highest BCUT2D eigenvalue weighted by atomic mass is 16.5. The van der Waals surface area contributed by atoms with E-state index in [9.17, 15) is 14.4 Å². The molecule has 2 aromatic carbocycles. The Balaban J connectivity index is 1.99. The molecule has 0 unspecified atom stereocenters. The lowest BCUT2D eigenvalue weighted by molar-refractivity contribution is -0.122. The fourth-order valence-electron chi connectivity index (χ4n) is 2.95. The second-order valence-corrected chi connectivity index (χ2v) is 6.22. The first kappa shape index (κ1) is 20.9. The van der Waals surface area contributed by atoms with Crippen LogP contribution >= 0.6 is 0 Å². The molecule has 0 radical (unpaired) electrons. The SMILES string of the molecule is CCOc1ccc(/C=C2\C(=O)NC(=O)N(c3ccc(OC)cc3)C2=O)c(OCC)c1. The molecule has 30 heavy (non-hydrogen) atoms. The number of methoxy groups -OCH3 is 1. The molecule has 0 atom stereocenters. The van der Waals surface area contributed by atoms with Gasteiger partial charge in [-0.15, -0.1) is 0 Å². The molecule has 0 bridgehead atoms. The number of benzene rings is 2. The van der Waals surface area contributed by atoms with Crippen molar-refractivity contribution >= 4 is 29.6 Å². The standard InChI is InChI=1S/C22H22N2O6/c1-4-29-17-9-6-14(19(13-17)30-5-2)12-18-20(25)23-22(27)24(21(18)26)15-7-10-16(28-3)11-8-15/h6-13H,4-5H2,1-3H3,(H,23,25,27)/b18-12+. The summed E-state index contributed by atoms with van der Waals surface area (Å²) in [5.41, 5.74) is 0.645. The van der Waals surface area contributed by atoms with Crippen LogP contribution in [0.3, 0.4) is 0 Å². The third-order valence-corrected chi connectivity index (χ3v) is 4.33. The number of nitrogens with one attached hydrogen (secondary N) is 1. The number of barbiturate groups is 1. The number of imide groups is 2. The average Bonchev–Trinajstić information content (AvgIpc) is 2.73. The second-order valence-electron chi connectivity index (χ2n) is 6.22. The monoisotopic (exact) mass is 410 g/mol. The smallest absolute Gasteiger partial charge is 0.335 e. The fraction of sp³-hybridized carbons (Fsp3) is 0.227. The maximum atomic E-state index is 13.0. The first-order valence-electron chi connectivity index (χ1n) is 9.43. The zero-order valence-electron chi connectivity index (χ0n) is 16.9. The van der Waals surface area contributed by atoms with E-state index in [0.717, 1.165) is 4.90 Å². The molecule has 1 fully saturated rings. The van der Waals surface area contributed by atoms with Crippen molar-refractivity contribution in [1.29, 1.82) is 0 Å². The summed E-state index contributed by atoms with van der Waals surface area (Å²) < 4.78 is 16.2. The van der Waals surface area contributed by atoms with Crippen LogP contribution < -0.4 is 24.4 Å². The number of hydrogen-bond acceptors (Lipinski definition) is 6. The Morgan fingerprint density at radius 3 is 2.23 bits per heavy atom. The van der Waals surface area contributed by atoms with Crippen LogP contribution in [0.4, 0.5) is 10.5 Å². The number of urea groups is 1. The summed E-state index contributed by atoms with van der Waals surface area (Å²) in [5.74, 6) is 0.143. The van der Waals surface area contributed by atoms with Gasteiger partial charge < -0.3 is 14.2 Å². The highest BCUT2D eigenvalue weighted by Gasteiger charge is 2.37. The molecule has 1 heterocycles. The molecule has 156 valence electrons. The zero-order valence-corrected chi connectivity index (χ0v) is 16.9. The third-order valence-electron chi connectivity index (χ3n) is 4.33. The van der Waals surface area contributed by atoms with Gasteiger partial charge in [0, 0.05) is 11.6 Å². The van der Waals surface area contributed by atoms with Gasteiger partial charge in [-0.2, -0.15) is 0 Å². The van der Waals surface area contributed by atoms with Gasteiger partial charge in [0.15, 0.2) is 0 Å². The predicted molar refractivity (Wildman–Crippen MR) is 111 cm³/mol. The Hall–Kier alpha value is -3.81. The molecule has 8 heteroatoms. The summed E-state index contributed by atoms with van der Waals surface area (Å²) in [6, 6.07) is 10.7. The van der Waals surface area contributed by atoms with Gasteiger partial charge in [-0.1, -0.05) is 0 Å².